The Bertz CT molecular complexity index is 342. The maximum atomic E-state index is 5.87. The number of halogens is 1. The molecule has 0 aromatic heterocycles. The lowest BCUT2D eigenvalue weighted by molar-refractivity contribution is 0.223. The molecule has 0 amide bonds. The molecule has 0 radical (unpaired) electrons. The molecule has 1 unspecified atom stereocenters. The average molecular weight is 243 g/mol. The zero-order valence-corrected chi connectivity index (χ0v) is 10.8. The lowest BCUT2D eigenvalue weighted by Crippen LogP contribution is -2.24. The van der Waals surface area contributed by atoms with Gasteiger partial charge in [-0.3, -0.25) is 0 Å². The Morgan fingerprint density at radius 1 is 1.44 bits per heavy atom. The third kappa shape index (κ3) is 4.29. The maximum Gasteiger partial charge on any atom is 0.143 e. The molecule has 0 fully saturated rings. The molecular weight excluding hydrogens is 224 g/mol. The first-order valence-electron chi connectivity index (χ1n) is 5.31. The van der Waals surface area contributed by atoms with Gasteiger partial charge in [0.05, 0.1) is 12.3 Å². The summed E-state index contributed by atoms with van der Waals surface area (Å²) in [6.07, 6.45) is 0. The van der Waals surface area contributed by atoms with E-state index in [-0.39, 0.29) is 0 Å². The number of ether oxygens (including phenoxy) is 1. The standard InChI is InChI=1S/C12H19ClN2O/c1-9(7-15(2)3)8-16-12-6-10(13)4-5-11(12)14/h4-6,9H,7-8,14H2,1-3H3. The van der Waals surface area contributed by atoms with E-state index in [1.165, 1.54) is 0 Å². The summed E-state index contributed by atoms with van der Waals surface area (Å²) in [7, 11) is 4.09. The van der Waals surface area contributed by atoms with Gasteiger partial charge in [0, 0.05) is 23.6 Å². The number of nitrogens with two attached hydrogens (primary N) is 1. The second kappa shape index (κ2) is 5.97. The number of rotatable bonds is 5. The van der Waals surface area contributed by atoms with Crippen molar-refractivity contribution >= 4 is 17.3 Å². The zero-order valence-electron chi connectivity index (χ0n) is 10.0. The highest BCUT2D eigenvalue weighted by molar-refractivity contribution is 6.30. The monoisotopic (exact) mass is 242 g/mol. The van der Waals surface area contributed by atoms with E-state index >= 15 is 0 Å². The van der Waals surface area contributed by atoms with E-state index in [0.29, 0.717) is 29.0 Å². The second-order valence-electron chi connectivity index (χ2n) is 4.36. The van der Waals surface area contributed by atoms with Crippen molar-refractivity contribution in [3.8, 4) is 5.75 Å². The topological polar surface area (TPSA) is 38.5 Å². The highest BCUT2D eigenvalue weighted by Crippen LogP contribution is 2.25. The lowest BCUT2D eigenvalue weighted by Gasteiger charge is -2.18. The molecule has 3 nitrogen and oxygen atoms in total. The fraction of sp³-hybridized carbons (Fsp3) is 0.500. The Kier molecular flexibility index (Phi) is 4.90. The molecule has 0 heterocycles. The molecule has 4 heteroatoms. The molecule has 0 aliphatic carbocycles. The second-order valence-corrected chi connectivity index (χ2v) is 4.80. The fourth-order valence-corrected chi connectivity index (χ4v) is 1.70. The number of benzene rings is 1. The quantitative estimate of drug-likeness (QED) is 0.807. The third-order valence-electron chi connectivity index (χ3n) is 2.18. The number of anilines is 1. The number of hydrogen-bond acceptors (Lipinski definition) is 3. The van der Waals surface area contributed by atoms with E-state index in [2.05, 4.69) is 11.8 Å². The third-order valence-corrected chi connectivity index (χ3v) is 2.41. The van der Waals surface area contributed by atoms with Crippen molar-refractivity contribution in [2.24, 2.45) is 5.92 Å². The van der Waals surface area contributed by atoms with Gasteiger partial charge in [-0.2, -0.15) is 0 Å². The summed E-state index contributed by atoms with van der Waals surface area (Å²) in [6.45, 7) is 3.77. The molecule has 16 heavy (non-hydrogen) atoms. The first kappa shape index (κ1) is 13.1. The van der Waals surface area contributed by atoms with Gasteiger partial charge in [-0.25, -0.2) is 0 Å². The van der Waals surface area contributed by atoms with Crippen LogP contribution in [0.25, 0.3) is 0 Å². The minimum Gasteiger partial charge on any atom is -0.491 e. The molecule has 1 aromatic rings. The molecule has 1 rings (SSSR count). The van der Waals surface area contributed by atoms with Crippen molar-refractivity contribution in [2.75, 3.05) is 33.0 Å². The van der Waals surface area contributed by atoms with Crippen molar-refractivity contribution in [3.05, 3.63) is 23.2 Å². The van der Waals surface area contributed by atoms with Crippen LogP contribution >= 0.6 is 11.6 Å². The van der Waals surface area contributed by atoms with E-state index in [0.717, 1.165) is 6.54 Å². The van der Waals surface area contributed by atoms with E-state index < -0.39 is 0 Å². The molecule has 1 atom stereocenters. The van der Waals surface area contributed by atoms with Gasteiger partial charge >= 0.3 is 0 Å². The Hall–Kier alpha value is -0.930. The maximum absolute atomic E-state index is 5.87. The lowest BCUT2D eigenvalue weighted by atomic mass is 10.2. The van der Waals surface area contributed by atoms with Crippen LogP contribution in [-0.2, 0) is 0 Å². The summed E-state index contributed by atoms with van der Waals surface area (Å²) < 4.78 is 5.64. The van der Waals surface area contributed by atoms with E-state index in [9.17, 15) is 0 Å². The van der Waals surface area contributed by atoms with Crippen LogP contribution < -0.4 is 10.5 Å². The molecule has 2 N–H and O–H groups in total. The first-order chi connectivity index (χ1) is 7.49. The Morgan fingerprint density at radius 2 is 2.12 bits per heavy atom. The predicted molar refractivity (Wildman–Crippen MR) is 69.1 cm³/mol. The summed E-state index contributed by atoms with van der Waals surface area (Å²) in [4.78, 5) is 2.13. The molecule has 0 saturated heterocycles. The van der Waals surface area contributed by atoms with Crippen LogP contribution in [0.5, 0.6) is 5.75 Å². The van der Waals surface area contributed by atoms with Crippen molar-refractivity contribution in [3.63, 3.8) is 0 Å². The molecule has 0 bridgehead atoms. The Morgan fingerprint density at radius 3 is 2.75 bits per heavy atom. The SMILES string of the molecule is CC(COc1cc(Cl)ccc1N)CN(C)C. The molecule has 0 aliphatic heterocycles. The summed E-state index contributed by atoms with van der Waals surface area (Å²) in [5.74, 6) is 1.12. The van der Waals surface area contributed by atoms with Gasteiger partial charge in [-0.1, -0.05) is 18.5 Å². The summed E-state index contributed by atoms with van der Waals surface area (Å²) in [6, 6.07) is 5.26. The van der Waals surface area contributed by atoms with Crippen LogP contribution in [0.1, 0.15) is 6.92 Å². The van der Waals surface area contributed by atoms with Crippen molar-refractivity contribution in [2.45, 2.75) is 6.92 Å². The van der Waals surface area contributed by atoms with E-state index in [1.807, 2.05) is 14.1 Å². The minimum atomic E-state index is 0.452. The van der Waals surface area contributed by atoms with Crippen LogP contribution in [-0.4, -0.2) is 32.1 Å². The van der Waals surface area contributed by atoms with E-state index in [1.54, 1.807) is 18.2 Å². The normalized spacial score (nSPS) is 12.8. The number of nitrogens with zero attached hydrogens (tertiary/aromatic N) is 1. The van der Waals surface area contributed by atoms with Crippen LogP contribution in [0.4, 0.5) is 5.69 Å². The number of nitrogen functional groups attached to an aromatic ring is 1. The van der Waals surface area contributed by atoms with Gasteiger partial charge in [0.2, 0.25) is 0 Å². The Balaban J connectivity index is 2.51. The van der Waals surface area contributed by atoms with Gasteiger partial charge in [0.25, 0.3) is 0 Å². The molecular formula is C12H19ClN2O. The Labute approximate surface area is 102 Å². The molecule has 0 saturated carbocycles. The fourth-order valence-electron chi connectivity index (χ4n) is 1.54. The largest absolute Gasteiger partial charge is 0.491 e. The van der Waals surface area contributed by atoms with Gasteiger partial charge in [0.1, 0.15) is 5.75 Å². The molecule has 0 spiro atoms. The van der Waals surface area contributed by atoms with Crippen LogP contribution in [0.3, 0.4) is 0 Å². The highest BCUT2D eigenvalue weighted by atomic mass is 35.5. The first-order valence-corrected chi connectivity index (χ1v) is 5.69. The average Bonchev–Trinajstić information content (AvgIpc) is 2.18. The summed E-state index contributed by atoms with van der Waals surface area (Å²) in [5, 5.41) is 0.643. The molecule has 0 aliphatic rings. The predicted octanol–water partition coefficient (Wildman–Crippen LogP) is 2.50. The van der Waals surface area contributed by atoms with Gasteiger partial charge in [-0.15, -0.1) is 0 Å². The van der Waals surface area contributed by atoms with Crippen molar-refractivity contribution in [1.29, 1.82) is 0 Å². The van der Waals surface area contributed by atoms with Crippen LogP contribution in [0.2, 0.25) is 5.02 Å². The summed E-state index contributed by atoms with van der Waals surface area (Å²) >= 11 is 5.87. The van der Waals surface area contributed by atoms with Crippen LogP contribution in [0.15, 0.2) is 18.2 Å². The van der Waals surface area contributed by atoms with Crippen molar-refractivity contribution < 1.29 is 4.74 Å². The zero-order chi connectivity index (χ0) is 12.1. The molecule has 90 valence electrons. The van der Waals surface area contributed by atoms with Gasteiger partial charge in [-0.05, 0) is 26.2 Å². The van der Waals surface area contributed by atoms with Crippen molar-refractivity contribution in [1.82, 2.24) is 4.90 Å². The van der Waals surface area contributed by atoms with Gasteiger partial charge < -0.3 is 15.4 Å². The summed E-state index contributed by atoms with van der Waals surface area (Å²) in [5.41, 5.74) is 6.41. The van der Waals surface area contributed by atoms with Crippen LogP contribution in [0, 0.1) is 5.92 Å². The molecule has 1 aromatic carbocycles. The minimum absolute atomic E-state index is 0.452. The number of hydrogen-bond donors (Lipinski definition) is 1. The highest BCUT2D eigenvalue weighted by Gasteiger charge is 2.07. The van der Waals surface area contributed by atoms with E-state index in [4.69, 9.17) is 22.1 Å². The smallest absolute Gasteiger partial charge is 0.143 e. The van der Waals surface area contributed by atoms with Gasteiger partial charge in [0.15, 0.2) is 0 Å².